The highest BCUT2D eigenvalue weighted by molar-refractivity contribution is 5.97. The molecule has 1 aromatic heterocycles. The Morgan fingerprint density at radius 3 is 1.86 bits per heavy atom. The maximum absolute atomic E-state index is 12.7. The lowest BCUT2D eigenvalue weighted by atomic mass is 10.1. The van der Waals surface area contributed by atoms with E-state index in [0.717, 1.165) is 11.1 Å². The second-order valence-corrected chi connectivity index (χ2v) is 7.48. The third kappa shape index (κ3) is 5.25. The van der Waals surface area contributed by atoms with E-state index < -0.39 is 17.9 Å². The highest BCUT2D eigenvalue weighted by Crippen LogP contribution is 2.25. The van der Waals surface area contributed by atoms with Crippen LogP contribution in [0.15, 0.2) is 71.1 Å². The van der Waals surface area contributed by atoms with E-state index in [4.69, 9.17) is 9.15 Å². The molecule has 0 unspecified atom stereocenters. The van der Waals surface area contributed by atoms with Gasteiger partial charge in [0.15, 0.2) is 0 Å². The van der Waals surface area contributed by atoms with Gasteiger partial charge in [-0.1, -0.05) is 17.7 Å². The Morgan fingerprint density at radius 1 is 0.686 bits per heavy atom. The fraction of sp³-hybridized carbons (Fsp3) is 0.115. The van der Waals surface area contributed by atoms with Crippen molar-refractivity contribution in [3.05, 3.63) is 89.0 Å². The molecule has 0 bridgehead atoms. The molecule has 0 fully saturated rings. The Labute approximate surface area is 200 Å². The van der Waals surface area contributed by atoms with E-state index in [9.17, 15) is 14.4 Å². The molecule has 0 saturated heterocycles. The van der Waals surface area contributed by atoms with Crippen LogP contribution in [0.1, 0.15) is 36.6 Å². The number of carbonyl (C=O) groups excluding carboxylic acids is 3. The van der Waals surface area contributed by atoms with Crippen LogP contribution in [0.2, 0.25) is 0 Å². The van der Waals surface area contributed by atoms with Crippen molar-refractivity contribution in [3.63, 3.8) is 0 Å². The zero-order valence-electron chi connectivity index (χ0n) is 19.1. The zero-order chi connectivity index (χ0) is 24.9. The van der Waals surface area contributed by atoms with Crippen molar-refractivity contribution >= 4 is 17.9 Å². The van der Waals surface area contributed by atoms with Gasteiger partial charge in [-0.05, 0) is 61.5 Å². The minimum Gasteiger partial charge on any atom is -0.465 e. The number of nitrogens with zero attached hydrogens (tertiary/aromatic N) is 2. The van der Waals surface area contributed by atoms with Crippen molar-refractivity contribution in [2.75, 3.05) is 14.2 Å². The van der Waals surface area contributed by atoms with Crippen LogP contribution in [0.5, 0.6) is 5.75 Å². The molecule has 4 rings (SSSR count). The van der Waals surface area contributed by atoms with Crippen molar-refractivity contribution in [2.24, 2.45) is 0 Å². The molecule has 0 saturated carbocycles. The molecule has 4 aromatic rings. The van der Waals surface area contributed by atoms with E-state index in [-0.39, 0.29) is 22.4 Å². The Morgan fingerprint density at radius 2 is 1.29 bits per heavy atom. The molecule has 0 aliphatic heterocycles. The number of methoxy groups -OCH3 is 2. The summed E-state index contributed by atoms with van der Waals surface area (Å²) in [6.45, 7) is 1.97. The van der Waals surface area contributed by atoms with Gasteiger partial charge in [0.05, 0.1) is 30.9 Å². The van der Waals surface area contributed by atoms with E-state index in [0.29, 0.717) is 17.3 Å². The van der Waals surface area contributed by atoms with Crippen LogP contribution in [-0.4, -0.2) is 42.3 Å². The minimum atomic E-state index is -0.694. The van der Waals surface area contributed by atoms with Crippen molar-refractivity contribution in [3.8, 4) is 28.7 Å². The molecule has 0 atom stereocenters. The summed E-state index contributed by atoms with van der Waals surface area (Å²) in [4.78, 5) is 36.5. The second-order valence-electron chi connectivity index (χ2n) is 7.48. The van der Waals surface area contributed by atoms with Crippen molar-refractivity contribution in [2.45, 2.75) is 6.92 Å². The Balaban J connectivity index is 1.53. The summed E-state index contributed by atoms with van der Waals surface area (Å²) >= 11 is 0. The van der Waals surface area contributed by atoms with Gasteiger partial charge in [-0.25, -0.2) is 14.4 Å². The summed E-state index contributed by atoms with van der Waals surface area (Å²) < 4.78 is 20.5. The lowest BCUT2D eigenvalue weighted by Gasteiger charge is -2.09. The standard InChI is InChI=1S/C26H20N2O7/c1-15-5-4-6-18(11-15)23-28-27-22(35-23)16-7-9-17(10-8-16)26(31)34-21-13-19(24(29)32-2)12-20(14-21)25(30)33-3/h4-14H,1-3H3. The number of ether oxygens (including phenoxy) is 3. The van der Waals surface area contributed by atoms with Gasteiger partial charge in [0.2, 0.25) is 11.8 Å². The molecule has 0 radical (unpaired) electrons. The first-order chi connectivity index (χ1) is 16.9. The van der Waals surface area contributed by atoms with Gasteiger partial charge in [-0.2, -0.15) is 0 Å². The molecule has 1 heterocycles. The summed E-state index contributed by atoms with van der Waals surface area (Å²) in [7, 11) is 2.40. The Kier molecular flexibility index (Phi) is 6.68. The predicted octanol–water partition coefficient (Wildman–Crippen LogP) is 4.50. The van der Waals surface area contributed by atoms with E-state index in [2.05, 4.69) is 19.7 Å². The fourth-order valence-corrected chi connectivity index (χ4v) is 3.28. The van der Waals surface area contributed by atoms with Crippen LogP contribution in [0.3, 0.4) is 0 Å². The highest BCUT2D eigenvalue weighted by atomic mass is 16.5. The molecular weight excluding hydrogens is 452 g/mol. The SMILES string of the molecule is COC(=O)c1cc(OC(=O)c2ccc(-c3nnc(-c4cccc(C)c4)o3)cc2)cc(C(=O)OC)c1. The number of aryl methyl sites for hydroxylation is 1. The van der Waals surface area contributed by atoms with Gasteiger partial charge in [-0.15, -0.1) is 10.2 Å². The van der Waals surface area contributed by atoms with Crippen LogP contribution >= 0.6 is 0 Å². The van der Waals surface area contributed by atoms with E-state index in [1.807, 2.05) is 31.2 Å². The fourth-order valence-electron chi connectivity index (χ4n) is 3.28. The molecule has 3 aromatic carbocycles. The molecule has 9 heteroatoms. The van der Waals surface area contributed by atoms with Gasteiger partial charge in [0, 0.05) is 11.1 Å². The van der Waals surface area contributed by atoms with Crippen molar-refractivity contribution < 1.29 is 33.0 Å². The van der Waals surface area contributed by atoms with Crippen molar-refractivity contribution in [1.29, 1.82) is 0 Å². The van der Waals surface area contributed by atoms with Crippen LogP contribution < -0.4 is 4.74 Å². The first-order valence-corrected chi connectivity index (χ1v) is 10.4. The van der Waals surface area contributed by atoms with Gasteiger partial charge in [0.25, 0.3) is 0 Å². The topological polar surface area (TPSA) is 118 Å². The van der Waals surface area contributed by atoms with Crippen LogP contribution in [0.4, 0.5) is 0 Å². The number of benzene rings is 3. The predicted molar refractivity (Wildman–Crippen MR) is 124 cm³/mol. The van der Waals surface area contributed by atoms with Gasteiger partial charge in [0.1, 0.15) is 5.75 Å². The number of carbonyl (C=O) groups is 3. The summed E-state index contributed by atoms with van der Waals surface area (Å²) in [5, 5.41) is 8.18. The average Bonchev–Trinajstić information content (AvgIpc) is 3.38. The molecule has 9 nitrogen and oxygen atoms in total. The van der Waals surface area contributed by atoms with E-state index in [1.54, 1.807) is 24.3 Å². The van der Waals surface area contributed by atoms with Gasteiger partial charge < -0.3 is 18.6 Å². The smallest absolute Gasteiger partial charge is 0.343 e. The molecule has 176 valence electrons. The number of rotatable bonds is 6. The number of aromatic nitrogens is 2. The molecule has 0 aliphatic rings. The van der Waals surface area contributed by atoms with Crippen LogP contribution in [0.25, 0.3) is 22.9 Å². The summed E-state index contributed by atoms with van der Waals surface area (Å²) in [6, 6.07) is 18.0. The van der Waals surface area contributed by atoms with Crippen molar-refractivity contribution in [1.82, 2.24) is 10.2 Å². The number of hydrogen-bond acceptors (Lipinski definition) is 9. The molecule has 0 amide bonds. The maximum Gasteiger partial charge on any atom is 0.343 e. The molecule has 0 N–H and O–H groups in total. The molecule has 0 spiro atoms. The van der Waals surface area contributed by atoms with Gasteiger partial charge >= 0.3 is 17.9 Å². The first kappa shape index (κ1) is 23.4. The Bertz CT molecular complexity index is 1370. The van der Waals surface area contributed by atoms with Gasteiger partial charge in [-0.3, -0.25) is 0 Å². The lowest BCUT2D eigenvalue weighted by Crippen LogP contribution is -2.11. The maximum atomic E-state index is 12.7. The third-order valence-corrected chi connectivity index (χ3v) is 5.02. The third-order valence-electron chi connectivity index (χ3n) is 5.02. The largest absolute Gasteiger partial charge is 0.465 e. The normalized spacial score (nSPS) is 10.5. The highest BCUT2D eigenvalue weighted by Gasteiger charge is 2.18. The van der Waals surface area contributed by atoms with E-state index in [1.165, 1.54) is 32.4 Å². The second kappa shape index (κ2) is 10.0. The monoisotopic (exact) mass is 472 g/mol. The quantitative estimate of drug-likeness (QED) is 0.295. The molecular formula is C26H20N2O7. The number of esters is 3. The lowest BCUT2D eigenvalue weighted by molar-refractivity contribution is 0.0593. The van der Waals surface area contributed by atoms with Crippen LogP contribution in [-0.2, 0) is 9.47 Å². The van der Waals surface area contributed by atoms with E-state index >= 15 is 0 Å². The first-order valence-electron chi connectivity index (χ1n) is 10.4. The average molecular weight is 472 g/mol. The Hall–Kier alpha value is -4.79. The molecule has 35 heavy (non-hydrogen) atoms. The summed E-state index contributed by atoms with van der Waals surface area (Å²) in [6.07, 6.45) is 0. The molecule has 0 aliphatic carbocycles. The minimum absolute atomic E-state index is 0.0120. The summed E-state index contributed by atoms with van der Waals surface area (Å²) in [5.41, 5.74) is 2.80. The summed E-state index contributed by atoms with van der Waals surface area (Å²) in [5.74, 6) is -1.40. The zero-order valence-corrected chi connectivity index (χ0v) is 19.1. The van der Waals surface area contributed by atoms with Crippen LogP contribution in [0, 0.1) is 6.92 Å². The number of hydrogen-bond donors (Lipinski definition) is 0.